The minimum Gasteiger partial charge on any atom is -0.307 e. The van der Waals surface area contributed by atoms with Gasteiger partial charge in [-0.1, -0.05) is 41.4 Å². The van der Waals surface area contributed by atoms with Crippen molar-refractivity contribution in [2.75, 3.05) is 11.4 Å². The second kappa shape index (κ2) is 6.43. The molecule has 0 fully saturated rings. The lowest BCUT2D eigenvalue weighted by molar-refractivity contribution is 0.0989. The lowest BCUT2D eigenvalue weighted by atomic mass is 9.99. The molecule has 1 aliphatic heterocycles. The summed E-state index contributed by atoms with van der Waals surface area (Å²) in [5.74, 6) is -0.0715. The molecule has 0 radical (unpaired) electrons. The van der Waals surface area contributed by atoms with Crippen LogP contribution in [-0.2, 0) is 13.1 Å². The highest BCUT2D eigenvalue weighted by Crippen LogP contribution is 2.38. The summed E-state index contributed by atoms with van der Waals surface area (Å²) in [6.07, 6.45) is 1.93. The Kier molecular flexibility index (Phi) is 4.26. The molecule has 0 saturated carbocycles. The van der Waals surface area contributed by atoms with Crippen LogP contribution in [0.25, 0.3) is 10.1 Å². The monoisotopic (exact) mass is 373 g/mol. The number of thiophene rings is 1. The van der Waals surface area contributed by atoms with E-state index in [1.807, 2.05) is 17.0 Å². The maximum atomic E-state index is 13.2. The average Bonchev–Trinajstić information content (AvgIpc) is 2.96. The molecule has 2 nitrogen and oxygen atoms in total. The van der Waals surface area contributed by atoms with E-state index in [-0.39, 0.29) is 5.91 Å². The summed E-state index contributed by atoms with van der Waals surface area (Å²) < 4.78 is 13.8. The van der Waals surface area contributed by atoms with Gasteiger partial charge in [-0.05, 0) is 43.0 Å². The van der Waals surface area contributed by atoms with Gasteiger partial charge in [0.1, 0.15) is 11.6 Å². The van der Waals surface area contributed by atoms with E-state index >= 15 is 0 Å². The number of alkyl halides is 1. The normalized spacial score (nSPS) is 14.0. The van der Waals surface area contributed by atoms with Crippen molar-refractivity contribution in [2.24, 2.45) is 0 Å². The Hall–Kier alpha value is -1.91. The van der Waals surface area contributed by atoms with E-state index in [0.29, 0.717) is 22.0 Å². The predicted octanol–water partition coefficient (Wildman–Crippen LogP) is 5.93. The van der Waals surface area contributed by atoms with Crippen molar-refractivity contribution in [1.82, 2.24) is 0 Å². The van der Waals surface area contributed by atoms with Gasteiger partial charge in [0, 0.05) is 22.3 Å². The Bertz CT molecular complexity index is 981. The van der Waals surface area contributed by atoms with Gasteiger partial charge in [-0.3, -0.25) is 4.79 Å². The molecule has 0 saturated heterocycles. The number of rotatable bonds is 2. The second-order valence-corrected chi connectivity index (χ2v) is 7.83. The van der Waals surface area contributed by atoms with Gasteiger partial charge in [0.2, 0.25) is 0 Å². The highest BCUT2D eigenvalue weighted by molar-refractivity contribution is 7.21. The fraction of sp³-hybridized carbons (Fsp3) is 0.250. The standard InChI is InChI=1S/C20H17ClFNOS/c1-12-4-7-16-14(9-12)3-2-8-23(16)20(24)19-18(21)15-6-5-13(11-22)10-17(15)25-19/h4-7,9-10H,2-3,8,11H2,1H3. The van der Waals surface area contributed by atoms with Gasteiger partial charge in [-0.25, -0.2) is 4.39 Å². The van der Waals surface area contributed by atoms with E-state index in [4.69, 9.17) is 11.6 Å². The van der Waals surface area contributed by atoms with Crippen molar-refractivity contribution in [1.29, 1.82) is 0 Å². The van der Waals surface area contributed by atoms with Gasteiger partial charge in [0.05, 0.1) is 5.02 Å². The van der Waals surface area contributed by atoms with Gasteiger partial charge < -0.3 is 4.90 Å². The molecule has 1 aliphatic rings. The van der Waals surface area contributed by atoms with Crippen LogP contribution in [0.15, 0.2) is 36.4 Å². The molecule has 2 aromatic carbocycles. The van der Waals surface area contributed by atoms with Crippen molar-refractivity contribution >= 4 is 44.6 Å². The summed E-state index contributed by atoms with van der Waals surface area (Å²) in [6, 6.07) is 11.5. The average molecular weight is 374 g/mol. The third kappa shape index (κ3) is 2.83. The Morgan fingerprint density at radius 3 is 2.92 bits per heavy atom. The third-order valence-corrected chi connectivity index (χ3v) is 6.29. The first-order chi connectivity index (χ1) is 12.1. The molecule has 4 rings (SSSR count). The minimum atomic E-state index is -0.520. The molecule has 25 heavy (non-hydrogen) atoms. The quantitative estimate of drug-likeness (QED) is 0.545. The zero-order valence-corrected chi connectivity index (χ0v) is 15.4. The summed E-state index contributed by atoms with van der Waals surface area (Å²) in [4.78, 5) is 15.5. The second-order valence-electron chi connectivity index (χ2n) is 6.40. The van der Waals surface area contributed by atoms with E-state index in [0.717, 1.165) is 28.6 Å². The highest BCUT2D eigenvalue weighted by atomic mass is 35.5. The van der Waals surface area contributed by atoms with Crippen LogP contribution in [0.3, 0.4) is 0 Å². The van der Waals surface area contributed by atoms with Crippen LogP contribution >= 0.6 is 22.9 Å². The zero-order valence-electron chi connectivity index (χ0n) is 13.8. The summed E-state index contributed by atoms with van der Waals surface area (Å²) in [7, 11) is 0. The van der Waals surface area contributed by atoms with Crippen LogP contribution in [0.2, 0.25) is 5.02 Å². The van der Waals surface area contributed by atoms with Crippen molar-refractivity contribution in [3.05, 3.63) is 63.0 Å². The Morgan fingerprint density at radius 2 is 2.12 bits per heavy atom. The van der Waals surface area contributed by atoms with E-state index < -0.39 is 6.67 Å². The number of carbonyl (C=O) groups is 1. The van der Waals surface area contributed by atoms with Gasteiger partial charge in [0.15, 0.2) is 0 Å². The van der Waals surface area contributed by atoms with Crippen molar-refractivity contribution in [2.45, 2.75) is 26.4 Å². The van der Waals surface area contributed by atoms with E-state index in [1.54, 1.807) is 18.2 Å². The highest BCUT2D eigenvalue weighted by Gasteiger charge is 2.27. The predicted molar refractivity (Wildman–Crippen MR) is 103 cm³/mol. The Morgan fingerprint density at radius 1 is 1.28 bits per heavy atom. The fourth-order valence-electron chi connectivity index (χ4n) is 3.39. The van der Waals surface area contributed by atoms with Crippen LogP contribution < -0.4 is 4.90 Å². The van der Waals surface area contributed by atoms with Gasteiger partial charge >= 0.3 is 0 Å². The fourth-order valence-corrected chi connectivity index (χ4v) is 4.91. The van der Waals surface area contributed by atoms with Crippen LogP contribution in [0.5, 0.6) is 0 Å². The largest absolute Gasteiger partial charge is 0.307 e. The molecular weight excluding hydrogens is 357 g/mol. The summed E-state index contributed by atoms with van der Waals surface area (Å²) in [5, 5.41) is 1.28. The molecule has 2 heterocycles. The molecule has 128 valence electrons. The summed E-state index contributed by atoms with van der Waals surface area (Å²) in [5.41, 5.74) is 3.98. The van der Waals surface area contributed by atoms with Crippen molar-refractivity contribution in [3.8, 4) is 0 Å². The number of hydrogen-bond donors (Lipinski definition) is 0. The smallest absolute Gasteiger partial charge is 0.269 e. The molecule has 0 atom stereocenters. The van der Waals surface area contributed by atoms with Gasteiger partial charge in [-0.15, -0.1) is 11.3 Å². The van der Waals surface area contributed by atoms with Crippen molar-refractivity contribution in [3.63, 3.8) is 0 Å². The van der Waals surface area contributed by atoms with Crippen LogP contribution in [0, 0.1) is 6.92 Å². The maximum Gasteiger partial charge on any atom is 0.269 e. The maximum absolute atomic E-state index is 13.2. The third-order valence-electron chi connectivity index (χ3n) is 4.64. The number of aryl methyl sites for hydroxylation is 2. The number of carbonyl (C=O) groups excluding carboxylic acids is 1. The lowest BCUT2D eigenvalue weighted by Gasteiger charge is -2.29. The van der Waals surface area contributed by atoms with Crippen LogP contribution in [-0.4, -0.2) is 12.5 Å². The molecule has 3 aromatic rings. The summed E-state index contributed by atoms with van der Waals surface area (Å²) >= 11 is 7.83. The Balaban J connectivity index is 1.77. The van der Waals surface area contributed by atoms with Crippen LogP contribution in [0.1, 0.15) is 32.8 Å². The number of fused-ring (bicyclic) bond motifs is 2. The van der Waals surface area contributed by atoms with E-state index in [9.17, 15) is 9.18 Å². The number of anilines is 1. The molecule has 0 aliphatic carbocycles. The SMILES string of the molecule is Cc1ccc2c(c1)CCCN2C(=O)c1sc2cc(CF)ccc2c1Cl. The van der Waals surface area contributed by atoms with Gasteiger partial charge in [0.25, 0.3) is 5.91 Å². The number of benzene rings is 2. The topological polar surface area (TPSA) is 20.3 Å². The first-order valence-electron chi connectivity index (χ1n) is 8.27. The first-order valence-corrected chi connectivity index (χ1v) is 9.46. The van der Waals surface area contributed by atoms with E-state index in [2.05, 4.69) is 13.0 Å². The molecule has 1 amide bonds. The zero-order chi connectivity index (χ0) is 17.6. The van der Waals surface area contributed by atoms with Gasteiger partial charge in [-0.2, -0.15) is 0 Å². The summed E-state index contributed by atoms with van der Waals surface area (Å²) in [6.45, 7) is 2.23. The molecule has 1 aromatic heterocycles. The van der Waals surface area contributed by atoms with Crippen LogP contribution in [0.4, 0.5) is 10.1 Å². The molecule has 5 heteroatoms. The van der Waals surface area contributed by atoms with Crippen molar-refractivity contribution < 1.29 is 9.18 Å². The number of amides is 1. The molecule has 0 N–H and O–H groups in total. The molecule has 0 bridgehead atoms. The number of nitrogens with zero attached hydrogens (tertiary/aromatic N) is 1. The van der Waals surface area contributed by atoms with E-state index in [1.165, 1.54) is 22.5 Å². The molecule has 0 unspecified atom stereocenters. The molecule has 0 spiro atoms. The molecular formula is C20H17ClFNOS. The lowest BCUT2D eigenvalue weighted by Crippen LogP contribution is -2.35. The minimum absolute atomic E-state index is 0.0715. The number of halogens is 2. The Labute approximate surface area is 154 Å². The number of hydrogen-bond acceptors (Lipinski definition) is 2. The first kappa shape index (κ1) is 16.6.